The normalized spacial score (nSPS) is 11.0. The van der Waals surface area contributed by atoms with Crippen molar-refractivity contribution in [2.24, 2.45) is 5.41 Å². The van der Waals surface area contributed by atoms with Crippen LogP contribution in [0.5, 0.6) is 5.88 Å². The Kier molecular flexibility index (Phi) is 4.25. The van der Waals surface area contributed by atoms with Gasteiger partial charge in [0.15, 0.2) is 0 Å². The van der Waals surface area contributed by atoms with Crippen LogP contribution in [-0.4, -0.2) is 34.2 Å². The van der Waals surface area contributed by atoms with Gasteiger partial charge in [-0.3, -0.25) is 4.79 Å². The van der Waals surface area contributed by atoms with Gasteiger partial charge >= 0.3 is 5.97 Å². The molecule has 2 N–H and O–H groups in total. The van der Waals surface area contributed by atoms with Crippen LogP contribution in [0.4, 0.5) is 5.95 Å². The number of nitrogens with zero attached hydrogens (tertiary/aromatic N) is 2. The van der Waals surface area contributed by atoms with Gasteiger partial charge in [0.1, 0.15) is 0 Å². The lowest BCUT2D eigenvalue weighted by atomic mass is 9.94. The van der Waals surface area contributed by atoms with Gasteiger partial charge in [0, 0.05) is 18.8 Å². The van der Waals surface area contributed by atoms with Gasteiger partial charge in [0.25, 0.3) is 0 Å². The molecule has 1 heterocycles. The van der Waals surface area contributed by atoms with Crippen LogP contribution < -0.4 is 10.1 Å². The number of hydrogen-bond acceptors (Lipinski definition) is 5. The Morgan fingerprint density at radius 1 is 1.59 bits per heavy atom. The third-order valence-electron chi connectivity index (χ3n) is 2.19. The number of nitrogens with one attached hydrogen (secondary N) is 1. The molecule has 0 aliphatic heterocycles. The number of ether oxygens (including phenoxy) is 1. The monoisotopic (exact) mass is 239 g/mol. The molecule has 0 unspecified atom stereocenters. The number of carboxylic acids is 1. The van der Waals surface area contributed by atoms with E-state index in [2.05, 4.69) is 15.3 Å². The van der Waals surface area contributed by atoms with Crippen LogP contribution in [-0.2, 0) is 4.79 Å². The Morgan fingerprint density at radius 2 is 2.29 bits per heavy atom. The molecule has 0 saturated carbocycles. The molecule has 0 aliphatic carbocycles. The first-order valence-electron chi connectivity index (χ1n) is 5.39. The minimum atomic E-state index is -0.870. The van der Waals surface area contributed by atoms with E-state index in [-0.39, 0.29) is 6.54 Å². The lowest BCUT2D eigenvalue weighted by Crippen LogP contribution is -2.32. The molecular weight excluding hydrogens is 222 g/mol. The molecule has 0 saturated heterocycles. The average molecular weight is 239 g/mol. The fourth-order valence-corrected chi connectivity index (χ4v) is 1.03. The summed E-state index contributed by atoms with van der Waals surface area (Å²) >= 11 is 0. The molecule has 1 aromatic rings. The van der Waals surface area contributed by atoms with Gasteiger partial charge in [0.05, 0.1) is 12.0 Å². The highest BCUT2D eigenvalue weighted by Crippen LogP contribution is 2.16. The van der Waals surface area contributed by atoms with Gasteiger partial charge in [-0.05, 0) is 20.8 Å². The summed E-state index contributed by atoms with van der Waals surface area (Å²) in [5.74, 6) is -0.0330. The first-order chi connectivity index (χ1) is 7.95. The molecule has 94 valence electrons. The summed E-state index contributed by atoms with van der Waals surface area (Å²) in [6.07, 6.45) is 1.56. The third kappa shape index (κ3) is 3.90. The number of carbonyl (C=O) groups is 1. The number of carboxylic acid groups (broad SMARTS) is 1. The van der Waals surface area contributed by atoms with Crippen LogP contribution in [0.3, 0.4) is 0 Å². The number of aliphatic carboxylic acids is 1. The summed E-state index contributed by atoms with van der Waals surface area (Å²) in [5.41, 5.74) is -0.870. The maximum Gasteiger partial charge on any atom is 0.310 e. The molecule has 0 aliphatic rings. The van der Waals surface area contributed by atoms with Crippen molar-refractivity contribution in [1.29, 1.82) is 0 Å². The maximum atomic E-state index is 10.9. The standard InChI is InChI=1S/C11H17N3O3/c1-4-17-8-5-6-12-10(14-8)13-7-11(2,3)9(15)16/h5-6H,4,7H2,1-3H3,(H,15,16)(H,12,13,14). The summed E-state index contributed by atoms with van der Waals surface area (Å²) < 4.78 is 5.22. The number of hydrogen-bond donors (Lipinski definition) is 2. The zero-order valence-electron chi connectivity index (χ0n) is 10.2. The van der Waals surface area contributed by atoms with Crippen LogP contribution >= 0.6 is 0 Å². The van der Waals surface area contributed by atoms with Crippen molar-refractivity contribution in [2.45, 2.75) is 20.8 Å². The molecule has 0 amide bonds. The highest BCUT2D eigenvalue weighted by atomic mass is 16.5. The van der Waals surface area contributed by atoms with Crippen molar-refractivity contribution in [2.75, 3.05) is 18.5 Å². The summed E-state index contributed by atoms with van der Waals surface area (Å²) in [5, 5.41) is 11.8. The lowest BCUT2D eigenvalue weighted by Gasteiger charge is -2.19. The Labute approximate surface area is 100 Å². The Balaban J connectivity index is 2.63. The molecule has 6 nitrogen and oxygen atoms in total. The fourth-order valence-electron chi connectivity index (χ4n) is 1.03. The molecule has 1 rings (SSSR count). The first kappa shape index (κ1) is 13.2. The van der Waals surface area contributed by atoms with Gasteiger partial charge in [-0.1, -0.05) is 0 Å². The van der Waals surface area contributed by atoms with Crippen LogP contribution in [0.1, 0.15) is 20.8 Å². The summed E-state index contributed by atoms with van der Waals surface area (Å²) in [4.78, 5) is 19.0. The van der Waals surface area contributed by atoms with Gasteiger partial charge in [-0.15, -0.1) is 0 Å². The number of aromatic nitrogens is 2. The molecule has 6 heteroatoms. The SMILES string of the molecule is CCOc1ccnc(NCC(C)(C)C(=O)O)n1. The summed E-state index contributed by atoms with van der Waals surface area (Å²) in [7, 11) is 0. The summed E-state index contributed by atoms with van der Waals surface area (Å²) in [6.45, 7) is 5.90. The van der Waals surface area contributed by atoms with Gasteiger partial charge in [-0.25, -0.2) is 4.98 Å². The second-order valence-corrected chi connectivity index (χ2v) is 4.19. The molecule has 0 fully saturated rings. The first-order valence-corrected chi connectivity index (χ1v) is 5.39. The second kappa shape index (κ2) is 5.47. The topological polar surface area (TPSA) is 84.3 Å². The fraction of sp³-hybridized carbons (Fsp3) is 0.545. The average Bonchev–Trinajstić information content (AvgIpc) is 2.27. The van der Waals surface area contributed by atoms with Crippen LogP contribution in [0.2, 0.25) is 0 Å². The predicted molar refractivity (Wildman–Crippen MR) is 63.1 cm³/mol. The van der Waals surface area contributed by atoms with Crippen molar-refractivity contribution in [3.05, 3.63) is 12.3 Å². The molecular formula is C11H17N3O3. The number of rotatable bonds is 6. The molecule has 17 heavy (non-hydrogen) atoms. The smallest absolute Gasteiger partial charge is 0.310 e. The van der Waals surface area contributed by atoms with Crippen molar-refractivity contribution in [3.63, 3.8) is 0 Å². The van der Waals surface area contributed by atoms with E-state index in [1.807, 2.05) is 6.92 Å². The predicted octanol–water partition coefficient (Wildman–Crippen LogP) is 1.40. The molecule has 0 radical (unpaired) electrons. The van der Waals surface area contributed by atoms with Crippen LogP contribution in [0.25, 0.3) is 0 Å². The molecule has 0 aromatic carbocycles. The second-order valence-electron chi connectivity index (χ2n) is 4.19. The van der Waals surface area contributed by atoms with Crippen molar-refractivity contribution < 1.29 is 14.6 Å². The zero-order valence-corrected chi connectivity index (χ0v) is 10.2. The summed E-state index contributed by atoms with van der Waals surface area (Å²) in [6, 6.07) is 1.65. The van der Waals surface area contributed by atoms with E-state index in [0.29, 0.717) is 18.4 Å². The van der Waals surface area contributed by atoms with E-state index < -0.39 is 11.4 Å². The van der Waals surface area contributed by atoms with Crippen LogP contribution in [0, 0.1) is 5.41 Å². The van der Waals surface area contributed by atoms with Gasteiger partial charge in [0.2, 0.25) is 11.8 Å². The van der Waals surface area contributed by atoms with Crippen molar-refractivity contribution >= 4 is 11.9 Å². The van der Waals surface area contributed by atoms with Crippen molar-refractivity contribution in [3.8, 4) is 5.88 Å². The van der Waals surface area contributed by atoms with E-state index in [1.165, 1.54) is 0 Å². The Hall–Kier alpha value is -1.85. The minimum Gasteiger partial charge on any atom is -0.481 e. The van der Waals surface area contributed by atoms with Gasteiger partial charge in [-0.2, -0.15) is 4.98 Å². The van der Waals surface area contributed by atoms with E-state index >= 15 is 0 Å². The highest BCUT2D eigenvalue weighted by Gasteiger charge is 2.27. The van der Waals surface area contributed by atoms with E-state index in [9.17, 15) is 4.79 Å². The minimum absolute atomic E-state index is 0.248. The molecule has 0 spiro atoms. The van der Waals surface area contributed by atoms with E-state index in [1.54, 1.807) is 26.1 Å². The van der Waals surface area contributed by atoms with Crippen LogP contribution in [0.15, 0.2) is 12.3 Å². The number of anilines is 1. The molecule has 1 aromatic heterocycles. The zero-order chi connectivity index (χ0) is 12.9. The van der Waals surface area contributed by atoms with Crippen molar-refractivity contribution in [1.82, 2.24) is 9.97 Å². The van der Waals surface area contributed by atoms with E-state index in [4.69, 9.17) is 9.84 Å². The molecule has 0 bridgehead atoms. The highest BCUT2D eigenvalue weighted by molar-refractivity contribution is 5.74. The quantitative estimate of drug-likeness (QED) is 0.780. The largest absolute Gasteiger partial charge is 0.481 e. The van der Waals surface area contributed by atoms with Gasteiger partial charge < -0.3 is 15.2 Å². The Bertz CT molecular complexity index is 393. The molecule has 0 atom stereocenters. The third-order valence-corrected chi connectivity index (χ3v) is 2.19. The Morgan fingerprint density at radius 3 is 2.88 bits per heavy atom. The van der Waals surface area contributed by atoms with E-state index in [0.717, 1.165) is 0 Å². The maximum absolute atomic E-state index is 10.9. The lowest BCUT2D eigenvalue weighted by molar-refractivity contribution is -0.146.